The van der Waals surface area contributed by atoms with Crippen molar-refractivity contribution >= 4 is 43.0 Å². The molecule has 0 saturated heterocycles. The summed E-state index contributed by atoms with van der Waals surface area (Å²) >= 11 is 7.60. The Morgan fingerprint density at radius 2 is 1.42 bits per heavy atom. The minimum absolute atomic E-state index is 0.0868. The first-order valence-corrected chi connectivity index (χ1v) is 6.51. The van der Waals surface area contributed by atoms with E-state index in [-0.39, 0.29) is 11.5 Å². The van der Waals surface area contributed by atoms with Crippen molar-refractivity contribution < 1.29 is 24.6 Å². The highest BCUT2D eigenvalue weighted by molar-refractivity contribution is 7.80. The molecule has 2 amide bonds. The van der Waals surface area contributed by atoms with Gasteiger partial charge in [-0.05, 0) is 0 Å². The van der Waals surface area contributed by atoms with Gasteiger partial charge >= 0.3 is 5.97 Å². The third kappa shape index (κ3) is 4.66. The Kier molecular flexibility index (Phi) is 8.02. The molecule has 0 aromatic carbocycles. The molecular formula is C9H17N3O5S2. The molecule has 0 aromatic heterocycles. The normalized spacial score (nSPS) is 15.4. The lowest BCUT2D eigenvalue weighted by atomic mass is 10.1. The van der Waals surface area contributed by atoms with Crippen molar-refractivity contribution in [1.29, 1.82) is 0 Å². The van der Waals surface area contributed by atoms with Crippen LogP contribution in [0.3, 0.4) is 0 Å². The number of aliphatic carboxylic acids is 1. The number of carboxylic acids is 1. The number of imide groups is 1. The number of carbonyl (C=O) groups excluding carboxylic acids is 2. The highest BCUT2D eigenvalue weighted by Crippen LogP contribution is 2.07. The maximum absolute atomic E-state index is 11.9. The fourth-order valence-corrected chi connectivity index (χ4v) is 1.51. The standard InChI is InChI=1S/C9H17N3O5S2/c10-4(2-18)7(14)12(6(1-13)9(16)17)8(15)5(11)3-19/h4-6,13,18-19H,1-3,10-11H2,(H,16,17)/t4-,5-,6-/m0/s1. The Hall–Kier alpha value is -0.810. The molecule has 0 spiro atoms. The van der Waals surface area contributed by atoms with Gasteiger partial charge in [0.1, 0.15) is 0 Å². The van der Waals surface area contributed by atoms with Crippen LogP contribution in [0.2, 0.25) is 0 Å². The van der Waals surface area contributed by atoms with E-state index in [0.29, 0.717) is 4.90 Å². The van der Waals surface area contributed by atoms with E-state index in [0.717, 1.165) is 0 Å². The molecule has 0 aliphatic rings. The number of hydrogen-bond donors (Lipinski definition) is 6. The summed E-state index contributed by atoms with van der Waals surface area (Å²) in [5.41, 5.74) is 10.9. The minimum atomic E-state index is -1.74. The summed E-state index contributed by atoms with van der Waals surface area (Å²) in [6.45, 7) is -0.939. The van der Waals surface area contributed by atoms with Gasteiger partial charge in [-0.3, -0.25) is 14.5 Å². The van der Waals surface area contributed by atoms with Crippen molar-refractivity contribution in [1.82, 2.24) is 4.90 Å². The van der Waals surface area contributed by atoms with Gasteiger partial charge in [0.15, 0.2) is 6.04 Å². The number of thiol groups is 2. The molecule has 0 heterocycles. The summed E-state index contributed by atoms with van der Waals surface area (Å²) < 4.78 is 0. The molecule has 0 bridgehead atoms. The third-order valence-electron chi connectivity index (χ3n) is 2.27. The van der Waals surface area contributed by atoms with Gasteiger partial charge in [0.25, 0.3) is 0 Å². The Morgan fingerprint density at radius 1 is 1.05 bits per heavy atom. The zero-order valence-electron chi connectivity index (χ0n) is 9.97. The van der Waals surface area contributed by atoms with Crippen molar-refractivity contribution in [3.05, 3.63) is 0 Å². The molecule has 8 nitrogen and oxygen atoms in total. The van der Waals surface area contributed by atoms with Gasteiger partial charge in [-0.2, -0.15) is 25.3 Å². The summed E-state index contributed by atoms with van der Waals surface area (Å²) in [5, 5.41) is 18.0. The van der Waals surface area contributed by atoms with Gasteiger partial charge in [0, 0.05) is 11.5 Å². The van der Waals surface area contributed by atoms with Crippen LogP contribution in [-0.4, -0.2) is 69.1 Å². The quantitative estimate of drug-likeness (QED) is 0.280. The van der Waals surface area contributed by atoms with Gasteiger partial charge in [0.2, 0.25) is 11.8 Å². The molecule has 0 aliphatic carbocycles. The van der Waals surface area contributed by atoms with Gasteiger partial charge in [-0.25, -0.2) is 4.79 Å². The van der Waals surface area contributed by atoms with E-state index in [9.17, 15) is 14.4 Å². The maximum atomic E-state index is 11.9. The van der Waals surface area contributed by atoms with Crippen molar-refractivity contribution in [3.63, 3.8) is 0 Å². The lowest BCUT2D eigenvalue weighted by molar-refractivity contribution is -0.160. The van der Waals surface area contributed by atoms with Crippen molar-refractivity contribution in [3.8, 4) is 0 Å². The van der Waals surface area contributed by atoms with Crippen LogP contribution in [0.15, 0.2) is 0 Å². The molecule has 110 valence electrons. The number of hydrogen-bond acceptors (Lipinski definition) is 8. The van der Waals surface area contributed by atoms with Gasteiger partial charge < -0.3 is 21.7 Å². The molecular weight excluding hydrogens is 294 g/mol. The van der Waals surface area contributed by atoms with Crippen LogP contribution >= 0.6 is 25.3 Å². The summed E-state index contributed by atoms with van der Waals surface area (Å²) in [4.78, 5) is 35.2. The van der Waals surface area contributed by atoms with E-state index in [2.05, 4.69) is 25.3 Å². The molecule has 3 atom stereocenters. The SMILES string of the molecule is N[C@@H](CS)C(=O)N(C(=O)[C@@H](N)CS)[C@@H](CO)C(=O)O. The highest BCUT2D eigenvalue weighted by atomic mass is 32.1. The molecule has 0 unspecified atom stereocenters. The van der Waals surface area contributed by atoms with Gasteiger partial charge in [-0.1, -0.05) is 0 Å². The van der Waals surface area contributed by atoms with Crippen molar-refractivity contribution in [2.75, 3.05) is 18.1 Å². The van der Waals surface area contributed by atoms with E-state index in [1.807, 2.05) is 0 Å². The van der Waals surface area contributed by atoms with E-state index in [1.54, 1.807) is 0 Å². The predicted molar refractivity (Wildman–Crippen MR) is 74.0 cm³/mol. The second kappa shape index (κ2) is 8.38. The lowest BCUT2D eigenvalue weighted by Crippen LogP contribution is -2.60. The van der Waals surface area contributed by atoms with E-state index >= 15 is 0 Å². The van der Waals surface area contributed by atoms with Crippen molar-refractivity contribution in [2.45, 2.75) is 18.1 Å². The van der Waals surface area contributed by atoms with Crippen LogP contribution < -0.4 is 11.5 Å². The molecule has 0 aromatic rings. The first kappa shape index (κ1) is 18.2. The monoisotopic (exact) mass is 311 g/mol. The van der Waals surface area contributed by atoms with Crippen LogP contribution in [0.5, 0.6) is 0 Å². The molecule has 0 saturated carbocycles. The Morgan fingerprint density at radius 3 is 1.63 bits per heavy atom. The summed E-state index contributed by atoms with van der Waals surface area (Å²) in [6, 6.07) is -4.09. The van der Waals surface area contributed by atoms with Crippen LogP contribution in [-0.2, 0) is 14.4 Å². The number of nitrogens with zero attached hydrogens (tertiary/aromatic N) is 1. The number of nitrogens with two attached hydrogens (primary N) is 2. The zero-order chi connectivity index (χ0) is 15.2. The maximum Gasteiger partial charge on any atom is 0.329 e. The summed E-state index contributed by atoms with van der Waals surface area (Å²) in [5.74, 6) is -3.63. The molecule has 6 N–H and O–H groups in total. The third-order valence-corrected chi connectivity index (χ3v) is 3.06. The Balaban J connectivity index is 5.41. The number of carbonyl (C=O) groups is 3. The first-order valence-electron chi connectivity index (χ1n) is 5.25. The zero-order valence-corrected chi connectivity index (χ0v) is 11.8. The topological polar surface area (TPSA) is 147 Å². The Bertz CT molecular complexity index is 333. The lowest BCUT2D eigenvalue weighted by Gasteiger charge is -2.29. The molecule has 19 heavy (non-hydrogen) atoms. The second-order valence-electron chi connectivity index (χ2n) is 3.66. The molecule has 0 aliphatic heterocycles. The second-order valence-corrected chi connectivity index (χ2v) is 4.39. The van der Waals surface area contributed by atoms with Crippen molar-refractivity contribution in [2.24, 2.45) is 11.5 Å². The highest BCUT2D eigenvalue weighted by Gasteiger charge is 2.38. The summed E-state index contributed by atoms with van der Waals surface area (Å²) in [7, 11) is 0. The summed E-state index contributed by atoms with van der Waals surface area (Å²) in [6.07, 6.45) is 0. The van der Waals surface area contributed by atoms with Gasteiger partial charge in [-0.15, -0.1) is 0 Å². The van der Waals surface area contributed by atoms with E-state index in [4.69, 9.17) is 21.7 Å². The van der Waals surface area contributed by atoms with Crippen LogP contribution in [0, 0.1) is 0 Å². The smallest absolute Gasteiger partial charge is 0.329 e. The average Bonchev–Trinajstić information content (AvgIpc) is 2.40. The number of aliphatic hydroxyl groups is 1. The Labute approximate surface area is 120 Å². The average molecular weight is 311 g/mol. The fourth-order valence-electron chi connectivity index (χ4n) is 1.20. The molecule has 0 rings (SSSR count). The van der Waals surface area contributed by atoms with Crippen LogP contribution in [0.25, 0.3) is 0 Å². The largest absolute Gasteiger partial charge is 0.480 e. The van der Waals surface area contributed by atoms with E-state index < -0.39 is 42.5 Å². The molecule has 0 radical (unpaired) electrons. The van der Waals surface area contributed by atoms with Crippen LogP contribution in [0.1, 0.15) is 0 Å². The fraction of sp³-hybridized carbons (Fsp3) is 0.667. The van der Waals surface area contributed by atoms with Crippen LogP contribution in [0.4, 0.5) is 0 Å². The number of carboxylic acid groups (broad SMARTS) is 1. The first-order chi connectivity index (χ1) is 8.81. The predicted octanol–water partition coefficient (Wildman–Crippen LogP) is -2.70. The number of rotatable bonds is 7. The number of amides is 2. The molecule has 10 heteroatoms. The van der Waals surface area contributed by atoms with Gasteiger partial charge in [0.05, 0.1) is 18.7 Å². The molecule has 0 fully saturated rings. The minimum Gasteiger partial charge on any atom is -0.480 e. The number of aliphatic hydroxyl groups excluding tert-OH is 1. The van der Waals surface area contributed by atoms with E-state index in [1.165, 1.54) is 0 Å².